The predicted octanol–water partition coefficient (Wildman–Crippen LogP) is 4.75. The average molecular weight is 487 g/mol. The molecule has 1 aliphatic rings. The van der Waals surface area contributed by atoms with Gasteiger partial charge in [-0.1, -0.05) is 30.3 Å². The van der Waals surface area contributed by atoms with Crippen LogP contribution in [-0.2, 0) is 9.59 Å². The fraction of sp³-hybridized carbons (Fsp3) is 0.0800. The number of fused-ring (bicyclic) bond motifs is 1. The molecule has 174 valence electrons. The Morgan fingerprint density at radius 2 is 1.86 bits per heavy atom. The molecule has 10 heteroatoms. The van der Waals surface area contributed by atoms with Crippen molar-refractivity contribution >= 4 is 40.2 Å². The maximum atomic E-state index is 12.7. The largest absolute Gasteiger partial charge is 0.482 e. The molecule has 0 saturated carbocycles. The average Bonchev–Trinajstić information content (AvgIpc) is 3.37. The molecule has 9 nitrogen and oxygen atoms in total. The molecule has 2 amide bonds. The number of nitro groups is 1. The smallest absolute Gasteiger partial charge is 0.269 e. The Morgan fingerprint density at radius 1 is 1.09 bits per heavy atom. The molecule has 0 saturated heterocycles. The molecule has 0 radical (unpaired) electrons. The zero-order valence-corrected chi connectivity index (χ0v) is 19.0. The number of non-ortho nitro benzene ring substituents is 1. The molecule has 1 aliphatic heterocycles. The van der Waals surface area contributed by atoms with Gasteiger partial charge in [-0.25, -0.2) is 4.98 Å². The second-order valence-electron chi connectivity index (χ2n) is 7.71. The van der Waals surface area contributed by atoms with E-state index in [-0.39, 0.29) is 24.7 Å². The number of ether oxygens (including phenoxy) is 1. The van der Waals surface area contributed by atoms with Crippen LogP contribution in [0, 0.1) is 10.1 Å². The van der Waals surface area contributed by atoms with Gasteiger partial charge in [0.2, 0.25) is 5.91 Å². The third-order valence-electron chi connectivity index (χ3n) is 5.39. The predicted molar refractivity (Wildman–Crippen MR) is 133 cm³/mol. The summed E-state index contributed by atoms with van der Waals surface area (Å²) in [5, 5.41) is 16.3. The van der Waals surface area contributed by atoms with E-state index in [0.717, 1.165) is 21.8 Å². The number of hydrogen-bond acceptors (Lipinski definition) is 7. The molecule has 0 unspecified atom stereocenters. The number of rotatable bonds is 6. The third kappa shape index (κ3) is 4.73. The van der Waals surface area contributed by atoms with Crippen molar-refractivity contribution in [2.24, 2.45) is 0 Å². The summed E-state index contributed by atoms with van der Waals surface area (Å²) < 4.78 is 5.56. The summed E-state index contributed by atoms with van der Waals surface area (Å²) in [6, 6.07) is 20.7. The number of nitrogens with one attached hydrogen (secondary N) is 1. The molecule has 1 N–H and O–H groups in total. The summed E-state index contributed by atoms with van der Waals surface area (Å²) in [5.74, 6) is -0.294. The van der Waals surface area contributed by atoms with Crippen LogP contribution >= 0.6 is 11.3 Å². The summed E-state index contributed by atoms with van der Waals surface area (Å²) in [7, 11) is 0. The molecule has 0 aliphatic carbocycles. The van der Waals surface area contributed by atoms with E-state index in [2.05, 4.69) is 5.32 Å². The minimum atomic E-state index is -0.516. The highest BCUT2D eigenvalue weighted by Crippen LogP contribution is 2.37. The number of carbonyl (C=O) groups excluding carboxylic acids is 2. The standard InChI is InChI=1S/C25H18N4O5S/c30-23(26-18-7-9-19(10-8-18)29(32)33)13-28-21-12-17(6-11-22(21)34-14-24(28)31)20-15-35-25(27-20)16-4-2-1-3-5-16/h1-12,15H,13-14H2,(H,26,30). The second-order valence-corrected chi connectivity index (χ2v) is 8.57. The summed E-state index contributed by atoms with van der Waals surface area (Å²) in [6.07, 6.45) is 0. The molecule has 0 fully saturated rings. The lowest BCUT2D eigenvalue weighted by molar-refractivity contribution is -0.384. The lowest BCUT2D eigenvalue weighted by Crippen LogP contribution is -2.43. The van der Waals surface area contributed by atoms with Crippen molar-refractivity contribution in [3.8, 4) is 27.6 Å². The minimum Gasteiger partial charge on any atom is -0.482 e. The Labute approximate surface area is 203 Å². The number of nitro benzene ring substituents is 1. The quantitative estimate of drug-likeness (QED) is 0.311. The third-order valence-corrected chi connectivity index (χ3v) is 6.28. The van der Waals surface area contributed by atoms with Gasteiger partial charge in [0.25, 0.3) is 11.6 Å². The summed E-state index contributed by atoms with van der Waals surface area (Å²) in [6.45, 7) is -0.409. The van der Waals surface area contributed by atoms with E-state index >= 15 is 0 Å². The van der Waals surface area contributed by atoms with Gasteiger partial charge in [0.1, 0.15) is 17.3 Å². The molecular weight excluding hydrogens is 468 g/mol. The molecule has 1 aromatic heterocycles. The van der Waals surface area contributed by atoms with Crippen LogP contribution in [0.15, 0.2) is 78.2 Å². The molecule has 35 heavy (non-hydrogen) atoms. The van der Waals surface area contributed by atoms with Crippen molar-refractivity contribution in [1.82, 2.24) is 4.98 Å². The number of anilines is 2. The first kappa shape index (κ1) is 22.2. The van der Waals surface area contributed by atoms with Gasteiger partial charge in [0.15, 0.2) is 6.61 Å². The number of benzene rings is 3. The van der Waals surface area contributed by atoms with E-state index in [4.69, 9.17) is 9.72 Å². The van der Waals surface area contributed by atoms with Crippen LogP contribution in [0.25, 0.3) is 21.8 Å². The highest BCUT2D eigenvalue weighted by Gasteiger charge is 2.28. The van der Waals surface area contributed by atoms with Gasteiger partial charge in [-0.05, 0) is 30.3 Å². The fourth-order valence-corrected chi connectivity index (χ4v) is 4.50. The Morgan fingerprint density at radius 3 is 2.60 bits per heavy atom. The lowest BCUT2D eigenvalue weighted by Gasteiger charge is -2.29. The van der Waals surface area contributed by atoms with Crippen LogP contribution in [0.3, 0.4) is 0 Å². The van der Waals surface area contributed by atoms with Gasteiger partial charge >= 0.3 is 0 Å². The maximum absolute atomic E-state index is 12.7. The molecule has 5 rings (SSSR count). The van der Waals surface area contributed by atoms with Gasteiger partial charge in [0.05, 0.1) is 16.3 Å². The van der Waals surface area contributed by atoms with Crippen molar-refractivity contribution < 1.29 is 19.2 Å². The number of thiazole rings is 1. The van der Waals surface area contributed by atoms with E-state index in [1.807, 2.05) is 41.8 Å². The van der Waals surface area contributed by atoms with Gasteiger partial charge in [-0.3, -0.25) is 24.6 Å². The topological polar surface area (TPSA) is 115 Å². The molecule has 0 atom stereocenters. The SMILES string of the molecule is O=C(CN1C(=O)COc2ccc(-c3csc(-c4ccccc4)n3)cc21)Nc1ccc([N+](=O)[O-])cc1. The van der Waals surface area contributed by atoms with Gasteiger partial charge < -0.3 is 10.1 Å². The van der Waals surface area contributed by atoms with Crippen molar-refractivity contribution in [2.75, 3.05) is 23.4 Å². The first-order valence-corrected chi connectivity index (χ1v) is 11.5. The summed E-state index contributed by atoms with van der Waals surface area (Å²) >= 11 is 1.52. The summed E-state index contributed by atoms with van der Waals surface area (Å²) in [4.78, 5) is 41.7. The molecular formula is C25H18N4O5S. The highest BCUT2D eigenvalue weighted by atomic mass is 32.1. The molecule has 0 bridgehead atoms. The number of amides is 2. The van der Waals surface area contributed by atoms with Crippen molar-refractivity contribution in [1.29, 1.82) is 0 Å². The Bertz CT molecular complexity index is 1420. The Hall–Kier alpha value is -4.57. The van der Waals surface area contributed by atoms with E-state index in [0.29, 0.717) is 17.1 Å². The molecule has 3 aromatic carbocycles. The van der Waals surface area contributed by atoms with Gasteiger partial charge in [-0.2, -0.15) is 0 Å². The maximum Gasteiger partial charge on any atom is 0.269 e. The van der Waals surface area contributed by atoms with Crippen molar-refractivity contribution in [3.05, 3.63) is 88.3 Å². The van der Waals surface area contributed by atoms with Crippen LogP contribution in [0.5, 0.6) is 5.75 Å². The molecule has 2 heterocycles. The first-order chi connectivity index (χ1) is 17.0. The van der Waals surface area contributed by atoms with E-state index in [1.165, 1.54) is 40.5 Å². The molecule has 0 spiro atoms. The second kappa shape index (κ2) is 9.35. The monoisotopic (exact) mass is 486 g/mol. The van der Waals surface area contributed by atoms with Gasteiger partial charge in [0, 0.05) is 34.3 Å². The van der Waals surface area contributed by atoms with Crippen molar-refractivity contribution in [2.45, 2.75) is 0 Å². The number of carbonyl (C=O) groups is 2. The lowest BCUT2D eigenvalue weighted by atomic mass is 10.1. The minimum absolute atomic E-state index is 0.0784. The fourth-order valence-electron chi connectivity index (χ4n) is 3.67. The van der Waals surface area contributed by atoms with Crippen LogP contribution in [-0.4, -0.2) is 34.9 Å². The Balaban J connectivity index is 1.37. The number of hydrogen-bond donors (Lipinski definition) is 1. The van der Waals surface area contributed by atoms with E-state index < -0.39 is 10.8 Å². The number of aromatic nitrogens is 1. The first-order valence-electron chi connectivity index (χ1n) is 10.6. The zero-order chi connectivity index (χ0) is 24.4. The van der Waals surface area contributed by atoms with Crippen molar-refractivity contribution in [3.63, 3.8) is 0 Å². The van der Waals surface area contributed by atoms with Gasteiger partial charge in [-0.15, -0.1) is 11.3 Å². The highest BCUT2D eigenvalue weighted by molar-refractivity contribution is 7.13. The van der Waals surface area contributed by atoms with Crippen LogP contribution in [0.1, 0.15) is 0 Å². The number of nitrogens with zero attached hydrogens (tertiary/aromatic N) is 3. The van der Waals surface area contributed by atoms with E-state index in [9.17, 15) is 19.7 Å². The van der Waals surface area contributed by atoms with E-state index in [1.54, 1.807) is 12.1 Å². The zero-order valence-electron chi connectivity index (χ0n) is 18.2. The normalized spacial score (nSPS) is 12.6. The van der Waals surface area contributed by atoms with Crippen LogP contribution in [0.4, 0.5) is 17.1 Å². The van der Waals surface area contributed by atoms with Crippen LogP contribution in [0.2, 0.25) is 0 Å². The molecule has 4 aromatic rings. The Kier molecular flexibility index (Phi) is 5.94. The van der Waals surface area contributed by atoms with Crippen LogP contribution < -0.4 is 15.0 Å². The summed E-state index contributed by atoms with van der Waals surface area (Å²) in [5.41, 5.74) is 3.36.